The molecule has 0 saturated carbocycles. The molecular weight excluding hydrogens is 657 g/mol. The molecule has 0 saturated heterocycles. The van der Waals surface area contributed by atoms with Gasteiger partial charge in [0.05, 0.1) is 33.1 Å². The fraction of sp³-hybridized carbons (Fsp3) is 0. The molecule has 4 aromatic heterocycles. The maximum Gasteiger partial charge on any atom is 0.139 e. The van der Waals surface area contributed by atoms with E-state index in [1.54, 1.807) is 0 Å². The summed E-state index contributed by atoms with van der Waals surface area (Å²) in [4.78, 5) is 10.3. The number of hydrogen-bond acceptors (Lipinski definition) is 2. The Kier molecular flexibility index (Phi) is 6.02. The van der Waals surface area contributed by atoms with Gasteiger partial charge in [-0.3, -0.25) is 9.55 Å². The first kappa shape index (κ1) is 29.3. The van der Waals surface area contributed by atoms with Crippen LogP contribution >= 0.6 is 0 Å². The van der Waals surface area contributed by atoms with Crippen LogP contribution in [0.5, 0.6) is 0 Å². The van der Waals surface area contributed by atoms with Crippen molar-refractivity contribution in [1.82, 2.24) is 19.1 Å². The van der Waals surface area contributed by atoms with Crippen LogP contribution in [0, 0.1) is 0 Å². The Labute approximate surface area is 309 Å². The molecule has 0 bridgehead atoms. The second-order valence-corrected chi connectivity index (χ2v) is 14.1. The number of benzene rings is 8. The predicted octanol–water partition coefficient (Wildman–Crippen LogP) is 13.0. The molecule has 12 rings (SSSR count). The molecule has 0 aliphatic heterocycles. The normalized spacial score (nSPS) is 12.1. The summed E-state index contributed by atoms with van der Waals surface area (Å²) in [5.41, 5.74) is 9.60. The number of para-hydroxylation sites is 3. The third-order valence-electron chi connectivity index (χ3n) is 11.3. The van der Waals surface area contributed by atoms with Crippen molar-refractivity contribution in [2.45, 2.75) is 0 Å². The number of hydrogen-bond donors (Lipinski definition) is 0. The molecule has 0 atom stereocenters. The minimum atomic E-state index is 0.858. The van der Waals surface area contributed by atoms with Crippen molar-refractivity contribution in [3.05, 3.63) is 182 Å². The van der Waals surface area contributed by atoms with E-state index in [9.17, 15) is 0 Å². The van der Waals surface area contributed by atoms with Gasteiger partial charge in [0, 0.05) is 49.8 Å². The number of pyridine rings is 2. The van der Waals surface area contributed by atoms with Gasteiger partial charge < -0.3 is 4.57 Å². The highest BCUT2D eigenvalue weighted by atomic mass is 15.1. The van der Waals surface area contributed by atoms with Crippen LogP contribution in [-0.2, 0) is 0 Å². The van der Waals surface area contributed by atoms with Crippen LogP contribution in [-0.4, -0.2) is 19.1 Å². The minimum Gasteiger partial charge on any atom is -0.307 e. The molecule has 4 heteroatoms. The Morgan fingerprint density at radius 1 is 0.389 bits per heavy atom. The number of nitrogens with zero attached hydrogens (tertiary/aromatic N) is 4. The van der Waals surface area contributed by atoms with E-state index in [0.717, 1.165) is 50.2 Å². The molecule has 250 valence electrons. The van der Waals surface area contributed by atoms with Crippen LogP contribution in [0.15, 0.2) is 182 Å². The lowest BCUT2D eigenvalue weighted by molar-refractivity contribution is 1.09. The largest absolute Gasteiger partial charge is 0.307 e. The molecule has 0 aliphatic rings. The summed E-state index contributed by atoms with van der Waals surface area (Å²) in [6, 6.07) is 63.3. The quantitative estimate of drug-likeness (QED) is 0.173. The van der Waals surface area contributed by atoms with E-state index in [4.69, 9.17) is 9.97 Å². The van der Waals surface area contributed by atoms with E-state index >= 15 is 0 Å². The van der Waals surface area contributed by atoms with Crippen molar-refractivity contribution in [1.29, 1.82) is 0 Å². The molecule has 0 unspecified atom stereocenters. The van der Waals surface area contributed by atoms with Crippen molar-refractivity contribution in [2.75, 3.05) is 0 Å². The topological polar surface area (TPSA) is 35.6 Å². The summed E-state index contributed by atoms with van der Waals surface area (Å²) < 4.78 is 4.90. The van der Waals surface area contributed by atoms with Crippen molar-refractivity contribution >= 4 is 87.0 Å². The first-order valence-electron chi connectivity index (χ1n) is 18.4. The van der Waals surface area contributed by atoms with Gasteiger partial charge >= 0.3 is 0 Å². The summed E-state index contributed by atoms with van der Waals surface area (Å²) in [6.45, 7) is 0. The van der Waals surface area contributed by atoms with Gasteiger partial charge in [-0.05, 0) is 69.6 Å². The molecule has 0 spiro atoms. The lowest BCUT2D eigenvalue weighted by Crippen LogP contribution is -2.02. The Hall–Kier alpha value is -7.30. The van der Waals surface area contributed by atoms with Gasteiger partial charge in [-0.15, -0.1) is 0 Å². The Morgan fingerprint density at radius 3 is 1.52 bits per heavy atom. The van der Waals surface area contributed by atoms with E-state index in [0.29, 0.717) is 0 Å². The highest BCUT2D eigenvalue weighted by molar-refractivity contribution is 6.45. The summed E-state index contributed by atoms with van der Waals surface area (Å²) in [5.74, 6) is 0.858. The molecule has 0 N–H and O–H groups in total. The van der Waals surface area contributed by atoms with E-state index in [2.05, 4.69) is 179 Å². The summed E-state index contributed by atoms with van der Waals surface area (Å²) in [6.07, 6.45) is 1.86. The summed E-state index contributed by atoms with van der Waals surface area (Å²) >= 11 is 0. The molecule has 0 aliphatic carbocycles. The molecule has 12 aromatic rings. The highest BCUT2D eigenvalue weighted by Crippen LogP contribution is 2.51. The standard InChI is InChI=1S/C50H30N4/c1-3-16-31(17-4-1)39-30-43(52-40-26-15-29-51-48(39)40)54-42-28-14-12-25-38(42)47-45-36-23-10-8-21-34(36)33-20-7-9-22-35(33)44(45)46-37-24-11-13-27-41(37)53(49(46)50(47)54)32-18-5-2-6-19-32/h1-30H. The monoisotopic (exact) mass is 686 g/mol. The van der Waals surface area contributed by atoms with Crippen LogP contribution in [0.25, 0.3) is 110 Å². The van der Waals surface area contributed by atoms with Gasteiger partial charge in [-0.1, -0.05) is 133 Å². The average molecular weight is 687 g/mol. The summed E-state index contributed by atoms with van der Waals surface area (Å²) in [5, 5.41) is 12.5. The van der Waals surface area contributed by atoms with Gasteiger partial charge in [0.2, 0.25) is 0 Å². The zero-order valence-corrected chi connectivity index (χ0v) is 29.1. The molecule has 0 fully saturated rings. The number of aromatic nitrogens is 4. The van der Waals surface area contributed by atoms with Crippen LogP contribution in [0.1, 0.15) is 0 Å². The maximum absolute atomic E-state index is 5.45. The lowest BCUT2D eigenvalue weighted by atomic mass is 9.89. The molecule has 4 heterocycles. The Morgan fingerprint density at radius 2 is 0.889 bits per heavy atom. The first-order chi connectivity index (χ1) is 26.8. The number of fused-ring (bicyclic) bond motifs is 16. The average Bonchev–Trinajstić information content (AvgIpc) is 3.77. The zero-order chi connectivity index (χ0) is 35.3. The van der Waals surface area contributed by atoms with Crippen LogP contribution in [0.2, 0.25) is 0 Å². The second kappa shape index (κ2) is 11.1. The molecule has 0 amide bonds. The van der Waals surface area contributed by atoms with Crippen molar-refractivity contribution < 1.29 is 0 Å². The van der Waals surface area contributed by atoms with Gasteiger partial charge in [0.1, 0.15) is 5.82 Å². The van der Waals surface area contributed by atoms with Gasteiger partial charge in [0.15, 0.2) is 0 Å². The fourth-order valence-electron chi connectivity index (χ4n) is 9.18. The zero-order valence-electron chi connectivity index (χ0n) is 29.1. The van der Waals surface area contributed by atoms with Crippen LogP contribution < -0.4 is 0 Å². The van der Waals surface area contributed by atoms with Crippen molar-refractivity contribution in [2.24, 2.45) is 0 Å². The highest BCUT2D eigenvalue weighted by Gasteiger charge is 2.27. The Bertz CT molecular complexity index is 3490. The second-order valence-electron chi connectivity index (χ2n) is 14.1. The number of rotatable bonds is 3. The SMILES string of the molecule is c1ccc(-c2cc(-n3c4ccccc4c4c5c6ccccc6c6ccccc6c5c5c6ccccc6n(-c6ccccc6)c5c43)nc3cccnc23)cc1. The van der Waals surface area contributed by atoms with E-state index < -0.39 is 0 Å². The van der Waals surface area contributed by atoms with Crippen LogP contribution in [0.3, 0.4) is 0 Å². The van der Waals surface area contributed by atoms with Gasteiger partial charge in [0.25, 0.3) is 0 Å². The third kappa shape index (κ3) is 3.91. The molecule has 4 nitrogen and oxygen atoms in total. The fourth-order valence-corrected chi connectivity index (χ4v) is 9.18. The van der Waals surface area contributed by atoms with Crippen LogP contribution in [0.4, 0.5) is 0 Å². The smallest absolute Gasteiger partial charge is 0.139 e. The summed E-state index contributed by atoms with van der Waals surface area (Å²) in [7, 11) is 0. The lowest BCUT2D eigenvalue weighted by Gasteiger charge is -2.17. The first-order valence-corrected chi connectivity index (χ1v) is 18.4. The molecule has 0 radical (unpaired) electrons. The van der Waals surface area contributed by atoms with Gasteiger partial charge in [-0.25, -0.2) is 4.98 Å². The van der Waals surface area contributed by atoms with Crippen molar-refractivity contribution in [3.63, 3.8) is 0 Å². The predicted molar refractivity (Wildman–Crippen MR) is 226 cm³/mol. The minimum absolute atomic E-state index is 0.858. The van der Waals surface area contributed by atoms with Gasteiger partial charge in [-0.2, -0.15) is 0 Å². The molecular formula is C50H30N4. The van der Waals surface area contributed by atoms with E-state index in [-0.39, 0.29) is 0 Å². The molecule has 8 aromatic carbocycles. The third-order valence-corrected chi connectivity index (χ3v) is 11.3. The van der Waals surface area contributed by atoms with Crippen molar-refractivity contribution in [3.8, 4) is 22.6 Å². The maximum atomic E-state index is 5.45. The van der Waals surface area contributed by atoms with E-state index in [1.807, 2.05) is 12.3 Å². The van der Waals surface area contributed by atoms with E-state index in [1.165, 1.54) is 59.4 Å². The Balaban J connectivity index is 1.43. The molecule has 54 heavy (non-hydrogen) atoms.